The second-order valence-corrected chi connectivity index (χ2v) is 7.29. The fourth-order valence-corrected chi connectivity index (χ4v) is 2.77. The molecule has 0 spiro atoms. The van der Waals surface area contributed by atoms with E-state index in [2.05, 4.69) is 10.6 Å². The van der Waals surface area contributed by atoms with E-state index in [1.54, 1.807) is 12.1 Å². The van der Waals surface area contributed by atoms with E-state index in [1.807, 2.05) is 30.3 Å². The Balaban J connectivity index is 1.69. The largest absolute Gasteiger partial charge is 0.355 e. The molecule has 0 aliphatic rings. The molecule has 0 heterocycles. The smallest absolute Gasteiger partial charge is 0.238 e. The first-order valence-electron chi connectivity index (χ1n) is 8.03. The second-order valence-electron chi connectivity index (χ2n) is 5.73. The molecule has 4 N–H and O–H groups in total. The fourth-order valence-electron chi connectivity index (χ4n) is 2.26. The molecular formula is C18H21N3O4S. The molecule has 0 saturated heterocycles. The summed E-state index contributed by atoms with van der Waals surface area (Å²) >= 11 is 0. The molecule has 2 amide bonds. The van der Waals surface area contributed by atoms with Crippen LogP contribution < -0.4 is 15.8 Å². The SMILES string of the molecule is NS(=O)(=O)c1ccc(CCNC(=O)CC(=O)NCc2ccccc2)cc1. The molecule has 0 fully saturated rings. The zero-order valence-electron chi connectivity index (χ0n) is 14.1. The third-order valence-electron chi connectivity index (χ3n) is 3.64. The highest BCUT2D eigenvalue weighted by atomic mass is 32.2. The Bertz CT molecular complexity index is 850. The van der Waals surface area contributed by atoms with Gasteiger partial charge in [0.25, 0.3) is 0 Å². The van der Waals surface area contributed by atoms with Gasteiger partial charge in [0.15, 0.2) is 0 Å². The van der Waals surface area contributed by atoms with Gasteiger partial charge in [0.2, 0.25) is 21.8 Å². The van der Waals surface area contributed by atoms with Crippen LogP contribution in [-0.2, 0) is 32.6 Å². The van der Waals surface area contributed by atoms with E-state index in [1.165, 1.54) is 12.1 Å². The minimum atomic E-state index is -3.71. The van der Waals surface area contributed by atoms with Crippen LogP contribution in [0.2, 0.25) is 0 Å². The Kier molecular flexibility index (Phi) is 6.88. The molecule has 0 aliphatic heterocycles. The third-order valence-corrected chi connectivity index (χ3v) is 4.57. The molecule has 7 nitrogen and oxygen atoms in total. The van der Waals surface area contributed by atoms with Gasteiger partial charge in [0, 0.05) is 13.1 Å². The lowest BCUT2D eigenvalue weighted by molar-refractivity contribution is -0.129. The van der Waals surface area contributed by atoms with Crippen LogP contribution in [0.1, 0.15) is 17.5 Å². The minimum Gasteiger partial charge on any atom is -0.355 e. The number of carbonyl (C=O) groups is 2. The van der Waals surface area contributed by atoms with Gasteiger partial charge >= 0.3 is 0 Å². The highest BCUT2D eigenvalue weighted by molar-refractivity contribution is 7.89. The van der Waals surface area contributed by atoms with E-state index < -0.39 is 10.0 Å². The molecule has 2 aromatic carbocycles. The van der Waals surface area contributed by atoms with Crippen molar-refractivity contribution in [1.29, 1.82) is 0 Å². The van der Waals surface area contributed by atoms with Gasteiger partial charge in [-0.1, -0.05) is 42.5 Å². The molecule has 138 valence electrons. The standard InChI is InChI=1S/C18H21N3O4S/c19-26(24,25)16-8-6-14(7-9-16)10-11-20-17(22)12-18(23)21-13-15-4-2-1-3-5-15/h1-9H,10-13H2,(H,20,22)(H,21,23)(H2,19,24,25). The Morgan fingerprint density at radius 3 is 2.08 bits per heavy atom. The van der Waals surface area contributed by atoms with Crippen LogP contribution in [0.15, 0.2) is 59.5 Å². The van der Waals surface area contributed by atoms with Crippen molar-refractivity contribution in [3.8, 4) is 0 Å². The van der Waals surface area contributed by atoms with Gasteiger partial charge < -0.3 is 10.6 Å². The van der Waals surface area contributed by atoms with Crippen LogP contribution in [0.25, 0.3) is 0 Å². The Morgan fingerprint density at radius 2 is 1.46 bits per heavy atom. The lowest BCUT2D eigenvalue weighted by atomic mass is 10.1. The lowest BCUT2D eigenvalue weighted by Gasteiger charge is -2.07. The fraction of sp³-hybridized carbons (Fsp3) is 0.222. The summed E-state index contributed by atoms with van der Waals surface area (Å²) in [6.07, 6.45) is 0.277. The number of rotatable bonds is 8. The molecule has 8 heteroatoms. The zero-order valence-corrected chi connectivity index (χ0v) is 15.0. The van der Waals surface area contributed by atoms with Crippen molar-refractivity contribution >= 4 is 21.8 Å². The van der Waals surface area contributed by atoms with Crippen molar-refractivity contribution in [3.63, 3.8) is 0 Å². The molecule has 0 aromatic heterocycles. The van der Waals surface area contributed by atoms with E-state index in [9.17, 15) is 18.0 Å². The second kappa shape index (κ2) is 9.12. The topological polar surface area (TPSA) is 118 Å². The predicted molar refractivity (Wildman–Crippen MR) is 97.4 cm³/mol. The summed E-state index contributed by atoms with van der Waals surface area (Å²) in [7, 11) is -3.71. The molecule has 0 saturated carbocycles. The summed E-state index contributed by atoms with van der Waals surface area (Å²) in [5.74, 6) is -0.708. The van der Waals surface area contributed by atoms with E-state index >= 15 is 0 Å². The van der Waals surface area contributed by atoms with E-state index in [0.29, 0.717) is 19.5 Å². The number of carbonyl (C=O) groups excluding carboxylic acids is 2. The maximum absolute atomic E-state index is 11.8. The number of sulfonamides is 1. The number of primary sulfonamides is 1. The monoisotopic (exact) mass is 375 g/mol. The molecule has 0 aliphatic carbocycles. The van der Waals surface area contributed by atoms with Crippen LogP contribution in [0.4, 0.5) is 0 Å². The zero-order chi connectivity index (χ0) is 19.0. The van der Waals surface area contributed by atoms with Crippen LogP contribution in [0.5, 0.6) is 0 Å². The first-order chi connectivity index (χ1) is 12.3. The molecular weight excluding hydrogens is 354 g/mol. The first-order valence-corrected chi connectivity index (χ1v) is 9.58. The van der Waals surface area contributed by atoms with E-state index in [0.717, 1.165) is 11.1 Å². The van der Waals surface area contributed by atoms with Crippen molar-refractivity contribution in [1.82, 2.24) is 10.6 Å². The van der Waals surface area contributed by atoms with Gasteiger partial charge in [0.1, 0.15) is 6.42 Å². The lowest BCUT2D eigenvalue weighted by Crippen LogP contribution is -2.32. The third kappa shape index (κ3) is 6.66. The molecule has 0 radical (unpaired) electrons. The van der Waals surface area contributed by atoms with Crippen LogP contribution in [0, 0.1) is 0 Å². The molecule has 0 bridgehead atoms. The van der Waals surface area contributed by atoms with Crippen LogP contribution in [-0.4, -0.2) is 26.8 Å². The predicted octanol–water partition coefficient (Wildman–Crippen LogP) is 0.699. The van der Waals surface area contributed by atoms with Gasteiger partial charge in [-0.25, -0.2) is 13.6 Å². The summed E-state index contributed by atoms with van der Waals surface area (Å²) in [5.41, 5.74) is 1.82. The van der Waals surface area contributed by atoms with Crippen LogP contribution in [0.3, 0.4) is 0 Å². The highest BCUT2D eigenvalue weighted by Crippen LogP contribution is 2.08. The normalized spacial score (nSPS) is 11.0. The summed E-state index contributed by atoms with van der Waals surface area (Å²) < 4.78 is 22.4. The molecule has 0 unspecified atom stereocenters. The van der Waals surface area contributed by atoms with E-state index in [4.69, 9.17) is 5.14 Å². The van der Waals surface area contributed by atoms with Crippen molar-refractivity contribution < 1.29 is 18.0 Å². The van der Waals surface area contributed by atoms with Crippen LogP contribution >= 0.6 is 0 Å². The van der Waals surface area contributed by atoms with Gasteiger partial charge in [-0.2, -0.15) is 0 Å². The van der Waals surface area contributed by atoms with Gasteiger partial charge in [-0.15, -0.1) is 0 Å². The van der Waals surface area contributed by atoms with Gasteiger partial charge in [-0.3, -0.25) is 9.59 Å². The molecule has 0 atom stereocenters. The number of nitrogens with one attached hydrogen (secondary N) is 2. The first kappa shape index (κ1) is 19.6. The van der Waals surface area contributed by atoms with Crippen molar-refractivity contribution in [2.24, 2.45) is 5.14 Å². The summed E-state index contributed by atoms with van der Waals surface area (Å²) in [6, 6.07) is 15.5. The van der Waals surface area contributed by atoms with Gasteiger partial charge in [-0.05, 0) is 29.7 Å². The summed E-state index contributed by atoms with van der Waals surface area (Å²) in [6.45, 7) is 0.725. The maximum Gasteiger partial charge on any atom is 0.238 e. The van der Waals surface area contributed by atoms with Crippen molar-refractivity contribution in [2.45, 2.75) is 24.3 Å². The van der Waals surface area contributed by atoms with Gasteiger partial charge in [0.05, 0.1) is 4.90 Å². The number of nitrogens with two attached hydrogens (primary N) is 1. The highest BCUT2D eigenvalue weighted by Gasteiger charge is 2.09. The average Bonchev–Trinajstić information content (AvgIpc) is 2.60. The number of amides is 2. The van der Waals surface area contributed by atoms with Crippen molar-refractivity contribution in [3.05, 3.63) is 65.7 Å². The minimum absolute atomic E-state index is 0.0420. The quantitative estimate of drug-likeness (QED) is 0.589. The average molecular weight is 375 g/mol. The number of hydrogen-bond donors (Lipinski definition) is 3. The summed E-state index contributed by atoms with van der Waals surface area (Å²) in [4.78, 5) is 23.6. The Morgan fingerprint density at radius 1 is 0.846 bits per heavy atom. The number of hydrogen-bond acceptors (Lipinski definition) is 4. The Labute approximate surface area is 152 Å². The Hall–Kier alpha value is -2.71. The van der Waals surface area contributed by atoms with E-state index in [-0.39, 0.29) is 23.1 Å². The molecule has 2 aromatic rings. The van der Waals surface area contributed by atoms with Crippen molar-refractivity contribution in [2.75, 3.05) is 6.54 Å². The molecule has 26 heavy (non-hydrogen) atoms. The molecule has 2 rings (SSSR count). The maximum atomic E-state index is 11.8. The number of benzene rings is 2. The summed E-state index contributed by atoms with van der Waals surface area (Å²) in [5, 5.41) is 10.4.